The maximum Gasteiger partial charge on any atom is 0.338 e. The molecule has 0 spiro atoms. The molecule has 43 heavy (non-hydrogen) atoms. The third-order valence-corrected chi connectivity index (χ3v) is 7.80. The van der Waals surface area contributed by atoms with Crippen LogP contribution in [0.15, 0.2) is 55.9 Å². The van der Waals surface area contributed by atoms with Crippen LogP contribution in [0.5, 0.6) is 17.2 Å². The van der Waals surface area contributed by atoms with Crippen molar-refractivity contribution in [3.05, 3.63) is 87.0 Å². The molecule has 1 aliphatic heterocycles. The Morgan fingerprint density at radius 3 is 2.67 bits per heavy atom. The number of allylic oxidation sites excluding steroid dienone is 1. The van der Waals surface area contributed by atoms with Crippen LogP contribution in [0, 0.1) is 22.5 Å². The van der Waals surface area contributed by atoms with Gasteiger partial charge in [0, 0.05) is 6.07 Å². The molecule has 0 amide bonds. The van der Waals surface area contributed by atoms with E-state index >= 15 is 0 Å². The first-order valence-corrected chi connectivity index (χ1v) is 14.7. The molecule has 1 atom stereocenters. The van der Waals surface area contributed by atoms with Gasteiger partial charge in [-0.2, -0.15) is 0 Å². The molecule has 13 heteroatoms. The van der Waals surface area contributed by atoms with E-state index in [0.29, 0.717) is 37.6 Å². The van der Waals surface area contributed by atoms with Crippen molar-refractivity contribution in [2.75, 3.05) is 20.3 Å². The van der Waals surface area contributed by atoms with Gasteiger partial charge in [-0.15, -0.1) is 6.42 Å². The van der Waals surface area contributed by atoms with Crippen molar-refractivity contribution in [2.24, 2.45) is 4.99 Å². The molecule has 0 saturated heterocycles. The zero-order valence-corrected chi connectivity index (χ0v) is 26.4. The number of terminal acetylenes is 1. The summed E-state index contributed by atoms with van der Waals surface area (Å²) >= 11 is 4.40. The van der Waals surface area contributed by atoms with Gasteiger partial charge in [-0.05, 0) is 79.0 Å². The van der Waals surface area contributed by atoms with E-state index in [1.807, 2.05) is 13.8 Å². The number of aromatic nitrogens is 1. The summed E-state index contributed by atoms with van der Waals surface area (Å²) in [5.41, 5.74) is 0.770. The Labute approximate surface area is 259 Å². The summed E-state index contributed by atoms with van der Waals surface area (Å²) < 4.78 is 24.1. The van der Waals surface area contributed by atoms with Gasteiger partial charge in [-0.25, -0.2) is 9.79 Å². The average molecular weight is 671 g/mol. The zero-order chi connectivity index (χ0) is 31.4. The first kappa shape index (κ1) is 31.5. The van der Waals surface area contributed by atoms with E-state index in [9.17, 15) is 19.7 Å². The molecule has 0 aliphatic carbocycles. The normalized spacial score (nSPS) is 14.6. The summed E-state index contributed by atoms with van der Waals surface area (Å²) in [4.78, 5) is 43.3. The predicted molar refractivity (Wildman–Crippen MR) is 164 cm³/mol. The molecule has 0 N–H and O–H groups in total. The highest BCUT2D eigenvalue weighted by Gasteiger charge is 2.34. The van der Waals surface area contributed by atoms with Gasteiger partial charge in [-0.3, -0.25) is 19.5 Å². The van der Waals surface area contributed by atoms with E-state index in [1.54, 1.807) is 38.1 Å². The molecule has 11 nitrogen and oxygen atoms in total. The predicted octanol–water partition coefficient (Wildman–Crippen LogP) is 4.28. The number of ether oxygens (including phenoxy) is 4. The van der Waals surface area contributed by atoms with Crippen LogP contribution in [-0.2, 0) is 9.53 Å². The largest absolute Gasteiger partial charge is 0.493 e. The van der Waals surface area contributed by atoms with Gasteiger partial charge in [0.25, 0.3) is 5.56 Å². The van der Waals surface area contributed by atoms with Crippen LogP contribution in [0.1, 0.15) is 44.9 Å². The third-order valence-electron chi connectivity index (χ3n) is 6.22. The number of nitro benzene ring substituents is 1. The van der Waals surface area contributed by atoms with Crippen molar-refractivity contribution < 1.29 is 28.7 Å². The molecule has 2 aromatic carbocycles. The molecule has 1 aliphatic rings. The fourth-order valence-electron chi connectivity index (χ4n) is 4.54. The number of nitro groups is 1. The SMILES string of the molecule is C#CCOc1c(Br)cc(/C=c2/sc3n(c2=O)[C@H](c2ccc(OC(C)C)c(OC)c2)C(C(=O)OCC)=C(C)N=3)cc1[N+](=O)[O-]. The zero-order valence-electron chi connectivity index (χ0n) is 24.0. The second-order valence-electron chi connectivity index (χ2n) is 9.48. The minimum absolute atomic E-state index is 0.0184. The van der Waals surface area contributed by atoms with E-state index in [0.717, 1.165) is 11.3 Å². The number of hydrogen-bond acceptors (Lipinski definition) is 10. The smallest absolute Gasteiger partial charge is 0.338 e. The van der Waals surface area contributed by atoms with E-state index in [1.165, 1.54) is 23.8 Å². The molecule has 224 valence electrons. The second kappa shape index (κ2) is 13.3. The molecule has 2 heterocycles. The highest BCUT2D eigenvalue weighted by atomic mass is 79.9. The minimum atomic E-state index is -0.889. The Morgan fingerprint density at radius 2 is 2.05 bits per heavy atom. The number of halogens is 1. The molecule has 0 radical (unpaired) electrons. The quantitative estimate of drug-likeness (QED) is 0.135. The van der Waals surface area contributed by atoms with Crippen molar-refractivity contribution in [3.8, 4) is 29.6 Å². The second-order valence-corrected chi connectivity index (χ2v) is 11.3. The highest BCUT2D eigenvalue weighted by Crippen LogP contribution is 2.38. The van der Waals surface area contributed by atoms with Crippen LogP contribution in [-0.4, -0.2) is 41.9 Å². The molecule has 4 rings (SSSR count). The van der Waals surface area contributed by atoms with Gasteiger partial charge in [0.2, 0.25) is 5.75 Å². The lowest BCUT2D eigenvalue weighted by molar-refractivity contribution is -0.385. The van der Waals surface area contributed by atoms with Crippen molar-refractivity contribution >= 4 is 45.0 Å². The maximum absolute atomic E-state index is 14.0. The van der Waals surface area contributed by atoms with Gasteiger partial charge in [-0.1, -0.05) is 23.3 Å². The lowest BCUT2D eigenvalue weighted by atomic mass is 9.95. The summed E-state index contributed by atoms with van der Waals surface area (Å²) in [7, 11) is 1.51. The number of carbonyl (C=O) groups is 1. The van der Waals surface area contributed by atoms with Crippen LogP contribution in [0.25, 0.3) is 6.08 Å². The van der Waals surface area contributed by atoms with Crippen molar-refractivity contribution in [1.29, 1.82) is 0 Å². The molecule has 0 saturated carbocycles. The monoisotopic (exact) mass is 669 g/mol. The minimum Gasteiger partial charge on any atom is -0.493 e. The number of esters is 1. The number of nitrogens with zero attached hydrogens (tertiary/aromatic N) is 3. The van der Waals surface area contributed by atoms with Crippen molar-refractivity contribution in [2.45, 2.75) is 39.8 Å². The Balaban J connectivity index is 1.94. The van der Waals surface area contributed by atoms with Crippen LogP contribution in [0.3, 0.4) is 0 Å². The molecule has 1 aromatic heterocycles. The first-order chi connectivity index (χ1) is 20.5. The number of benzene rings is 2. The van der Waals surface area contributed by atoms with Crippen LogP contribution < -0.4 is 29.1 Å². The number of carbonyl (C=O) groups excluding carboxylic acids is 1. The Kier molecular flexibility index (Phi) is 9.73. The van der Waals surface area contributed by atoms with Crippen LogP contribution in [0.2, 0.25) is 0 Å². The molecule has 0 bridgehead atoms. The topological polar surface area (TPSA) is 131 Å². The Morgan fingerprint density at radius 1 is 1.30 bits per heavy atom. The van der Waals surface area contributed by atoms with Crippen LogP contribution >= 0.6 is 27.3 Å². The Hall–Kier alpha value is -4.41. The number of hydrogen-bond donors (Lipinski definition) is 0. The summed E-state index contributed by atoms with van der Waals surface area (Å²) in [6.07, 6.45) is 6.66. The van der Waals surface area contributed by atoms with Gasteiger partial charge in [0.15, 0.2) is 16.3 Å². The van der Waals surface area contributed by atoms with Crippen molar-refractivity contribution in [1.82, 2.24) is 4.57 Å². The van der Waals surface area contributed by atoms with E-state index in [-0.39, 0.29) is 40.9 Å². The molecule has 0 fully saturated rings. The molecular weight excluding hydrogens is 642 g/mol. The van der Waals surface area contributed by atoms with Gasteiger partial charge in [0.1, 0.15) is 6.61 Å². The summed E-state index contributed by atoms with van der Waals surface area (Å²) in [5, 5.41) is 11.8. The van der Waals surface area contributed by atoms with Gasteiger partial charge >= 0.3 is 11.7 Å². The van der Waals surface area contributed by atoms with Crippen LogP contribution in [0.4, 0.5) is 5.69 Å². The van der Waals surface area contributed by atoms with E-state index in [2.05, 4.69) is 26.8 Å². The molecule has 0 unspecified atom stereocenters. The highest BCUT2D eigenvalue weighted by molar-refractivity contribution is 9.10. The number of thiazole rings is 1. The number of fused-ring (bicyclic) bond motifs is 1. The summed E-state index contributed by atoms with van der Waals surface area (Å²) in [6.45, 7) is 7.13. The standard InChI is InChI=1S/C30H28BrN3O8S/c1-7-11-41-27-20(31)12-18(13-21(27)34(37)38)14-24-28(35)33-26(19-9-10-22(42-16(3)4)23(15-19)39-6)25(29(36)40-8-2)17(5)32-30(33)43-24/h1,9-10,12-16,26H,8,11H2,2-6H3/b24-14+/t26-/m1/s1. The number of rotatable bonds is 10. The van der Waals surface area contributed by atoms with Crippen molar-refractivity contribution in [3.63, 3.8) is 0 Å². The van der Waals surface area contributed by atoms with E-state index < -0.39 is 22.5 Å². The molecular formula is C30H28BrN3O8S. The summed E-state index contributed by atoms with van der Waals surface area (Å²) in [6, 6.07) is 7.19. The maximum atomic E-state index is 14.0. The fourth-order valence-corrected chi connectivity index (χ4v) is 6.17. The average Bonchev–Trinajstić information content (AvgIpc) is 3.25. The fraction of sp³-hybridized carbons (Fsp3) is 0.300. The van der Waals surface area contributed by atoms with E-state index in [4.69, 9.17) is 25.4 Å². The molecule has 3 aromatic rings. The summed E-state index contributed by atoms with van der Waals surface area (Å²) in [5.74, 6) is 2.59. The lowest BCUT2D eigenvalue weighted by Crippen LogP contribution is -2.40. The third kappa shape index (κ3) is 6.50. The first-order valence-electron chi connectivity index (χ1n) is 13.1. The Bertz CT molecular complexity index is 1850. The van der Waals surface area contributed by atoms with Gasteiger partial charge < -0.3 is 18.9 Å². The van der Waals surface area contributed by atoms with Gasteiger partial charge in [0.05, 0.1) is 51.1 Å². The lowest BCUT2D eigenvalue weighted by Gasteiger charge is -2.25. The number of methoxy groups -OCH3 is 1.